The molecule has 0 aromatic carbocycles. The molecule has 0 amide bonds. The van der Waals surface area contributed by atoms with Crippen molar-refractivity contribution in [3.63, 3.8) is 0 Å². The third-order valence-electron chi connectivity index (χ3n) is 2.05. The average molecular weight is 283 g/mol. The van der Waals surface area contributed by atoms with E-state index < -0.39 is 5.97 Å². The minimum atomic E-state index is -1.03. The first kappa shape index (κ1) is 14.8. The Labute approximate surface area is 113 Å². The number of nitrogens with one attached hydrogen (secondary N) is 1. The van der Waals surface area contributed by atoms with Crippen molar-refractivity contribution in [3.05, 3.63) is 41.0 Å². The molecule has 0 aliphatic heterocycles. The number of hydrogen-bond acceptors (Lipinski definition) is 5. The number of hydrogen-bond donors (Lipinski definition) is 2. The lowest BCUT2D eigenvalue weighted by atomic mass is 10.3. The largest absolute Gasteiger partial charge is 0.477 e. The van der Waals surface area contributed by atoms with Gasteiger partial charge in [0, 0.05) is 11.9 Å². The predicted octanol–water partition coefficient (Wildman–Crippen LogP) is 1.61. The first-order valence-electron chi connectivity index (χ1n) is 5.27. The van der Waals surface area contributed by atoms with Crippen molar-refractivity contribution >= 4 is 23.9 Å². The highest BCUT2D eigenvalue weighted by atomic mass is 35.5. The molecule has 8 heteroatoms. The summed E-state index contributed by atoms with van der Waals surface area (Å²) in [5, 5.41) is 8.57. The molecule has 0 aliphatic rings. The maximum absolute atomic E-state index is 10.3. The molecule has 0 bridgehead atoms. The van der Waals surface area contributed by atoms with Crippen molar-refractivity contribution < 1.29 is 14.7 Å². The van der Waals surface area contributed by atoms with Crippen LogP contribution in [-0.4, -0.2) is 37.3 Å². The lowest BCUT2D eigenvalue weighted by Crippen LogP contribution is -1.98. The molecule has 2 aromatic heterocycles. The molecule has 2 aromatic rings. The summed E-state index contributed by atoms with van der Waals surface area (Å²) in [4.78, 5) is 33.9. The zero-order valence-corrected chi connectivity index (χ0v) is 10.8. The van der Waals surface area contributed by atoms with Gasteiger partial charge in [0.25, 0.3) is 0 Å². The third kappa shape index (κ3) is 4.47. The fourth-order valence-corrected chi connectivity index (χ4v) is 1.38. The molecule has 2 heterocycles. The zero-order valence-electron chi connectivity index (χ0n) is 10.00. The second-order valence-electron chi connectivity index (χ2n) is 3.26. The Morgan fingerprint density at radius 2 is 2.32 bits per heavy atom. The van der Waals surface area contributed by atoms with Crippen LogP contribution in [0, 0.1) is 0 Å². The molecule has 2 rings (SSSR count). The predicted molar refractivity (Wildman–Crippen MR) is 67.4 cm³/mol. The molecule has 0 saturated carbocycles. The number of aromatic nitrogens is 4. The fourth-order valence-electron chi connectivity index (χ4n) is 1.17. The van der Waals surface area contributed by atoms with E-state index in [1.165, 1.54) is 18.6 Å². The van der Waals surface area contributed by atoms with Crippen molar-refractivity contribution in [2.24, 2.45) is 0 Å². The molecule has 100 valence electrons. The molecule has 0 fully saturated rings. The van der Waals surface area contributed by atoms with Crippen molar-refractivity contribution in [3.8, 4) is 0 Å². The smallest absolute Gasteiger partial charge is 0.354 e. The second kappa shape index (κ2) is 7.22. The highest BCUT2D eigenvalue weighted by Crippen LogP contribution is 2.08. The molecule has 0 unspecified atom stereocenters. The van der Waals surface area contributed by atoms with Crippen molar-refractivity contribution in [1.82, 2.24) is 19.9 Å². The Hall–Kier alpha value is -2.28. The number of nitrogens with zero attached hydrogens (tertiary/aromatic N) is 3. The van der Waals surface area contributed by atoms with Gasteiger partial charge in [-0.05, 0) is 24.1 Å². The first-order chi connectivity index (χ1) is 9.08. The Kier molecular flexibility index (Phi) is 5.62. The minimum absolute atomic E-state index is 0.0185. The lowest BCUT2D eigenvalue weighted by molar-refractivity contribution is 0.0690. The van der Waals surface area contributed by atoms with Crippen LogP contribution in [0.5, 0.6) is 0 Å². The Morgan fingerprint density at radius 3 is 2.68 bits per heavy atom. The van der Waals surface area contributed by atoms with E-state index in [9.17, 15) is 9.59 Å². The van der Waals surface area contributed by atoms with E-state index in [2.05, 4.69) is 19.9 Å². The van der Waals surface area contributed by atoms with Crippen LogP contribution < -0.4 is 0 Å². The SMILES string of the molecule is CCc1[nH]c(Cl)nc1C=O.O=C(O)c1ccncn1. The van der Waals surface area contributed by atoms with Crippen LogP contribution in [0.15, 0.2) is 18.6 Å². The van der Waals surface area contributed by atoms with E-state index in [-0.39, 0.29) is 11.0 Å². The van der Waals surface area contributed by atoms with Crippen LogP contribution in [0.25, 0.3) is 0 Å². The Balaban J connectivity index is 0.000000191. The van der Waals surface area contributed by atoms with Crippen molar-refractivity contribution in [2.75, 3.05) is 0 Å². The summed E-state index contributed by atoms with van der Waals surface area (Å²) in [6.45, 7) is 1.93. The fraction of sp³-hybridized carbons (Fsp3) is 0.182. The lowest BCUT2D eigenvalue weighted by Gasteiger charge is -1.86. The number of aromatic amines is 1. The van der Waals surface area contributed by atoms with E-state index in [1.807, 2.05) is 6.92 Å². The molecule has 0 saturated heterocycles. The topological polar surface area (TPSA) is 109 Å². The number of H-pyrrole nitrogens is 1. The quantitative estimate of drug-likeness (QED) is 0.828. The number of aldehydes is 1. The normalized spacial score (nSPS) is 9.37. The Morgan fingerprint density at radius 1 is 1.58 bits per heavy atom. The van der Waals surface area contributed by atoms with E-state index in [0.29, 0.717) is 12.0 Å². The number of imidazole rings is 1. The van der Waals surface area contributed by atoms with Gasteiger partial charge in [-0.2, -0.15) is 0 Å². The van der Waals surface area contributed by atoms with E-state index in [1.54, 1.807) is 0 Å². The summed E-state index contributed by atoms with van der Waals surface area (Å²) < 4.78 is 0. The van der Waals surface area contributed by atoms with Crippen LogP contribution in [0.3, 0.4) is 0 Å². The van der Waals surface area contributed by atoms with Gasteiger partial charge in [-0.1, -0.05) is 6.92 Å². The maximum Gasteiger partial charge on any atom is 0.354 e. The van der Waals surface area contributed by atoms with Crippen LogP contribution in [0.4, 0.5) is 0 Å². The maximum atomic E-state index is 10.3. The standard InChI is InChI=1S/C6H7ClN2O.C5H4N2O2/c1-2-4-5(3-10)9-6(7)8-4;8-5(9)4-1-2-6-3-7-4/h3H,2H2,1H3,(H,8,9);1-3H,(H,8,9). The molecule has 0 spiro atoms. The highest BCUT2D eigenvalue weighted by Gasteiger charge is 2.04. The summed E-state index contributed by atoms with van der Waals surface area (Å²) in [5.74, 6) is -1.03. The molecule has 7 nitrogen and oxygen atoms in total. The molecule has 0 radical (unpaired) electrons. The summed E-state index contributed by atoms with van der Waals surface area (Å²) in [6.07, 6.45) is 4.02. The number of rotatable bonds is 3. The number of carboxylic acid groups (broad SMARTS) is 1. The number of carboxylic acids is 1. The van der Waals surface area contributed by atoms with Crippen LogP contribution in [-0.2, 0) is 6.42 Å². The van der Waals surface area contributed by atoms with Gasteiger partial charge in [0.05, 0.1) is 0 Å². The summed E-state index contributed by atoms with van der Waals surface area (Å²) in [6, 6.07) is 1.34. The van der Waals surface area contributed by atoms with Crippen molar-refractivity contribution in [1.29, 1.82) is 0 Å². The molecule has 0 atom stereocenters. The van der Waals surface area contributed by atoms with Gasteiger partial charge >= 0.3 is 5.97 Å². The van der Waals surface area contributed by atoms with Crippen LogP contribution in [0.1, 0.15) is 33.6 Å². The number of aryl methyl sites for hydroxylation is 1. The number of aromatic carboxylic acids is 1. The van der Waals surface area contributed by atoms with Crippen molar-refractivity contribution in [2.45, 2.75) is 13.3 Å². The van der Waals surface area contributed by atoms with Gasteiger partial charge in [-0.25, -0.2) is 19.7 Å². The second-order valence-corrected chi connectivity index (χ2v) is 3.62. The first-order valence-corrected chi connectivity index (χ1v) is 5.65. The zero-order chi connectivity index (χ0) is 14.3. The third-order valence-corrected chi connectivity index (χ3v) is 2.23. The van der Waals surface area contributed by atoms with Gasteiger partial charge in [-0.15, -0.1) is 0 Å². The highest BCUT2D eigenvalue weighted by molar-refractivity contribution is 6.28. The molecular formula is C11H11ClN4O3. The van der Waals surface area contributed by atoms with E-state index >= 15 is 0 Å². The summed E-state index contributed by atoms with van der Waals surface area (Å²) >= 11 is 5.50. The van der Waals surface area contributed by atoms with E-state index in [4.69, 9.17) is 16.7 Å². The summed E-state index contributed by atoms with van der Waals surface area (Å²) in [7, 11) is 0. The van der Waals surface area contributed by atoms with Crippen LogP contribution >= 0.6 is 11.6 Å². The number of carbonyl (C=O) groups excluding carboxylic acids is 1. The Bertz CT molecular complexity index is 556. The van der Waals surface area contributed by atoms with Gasteiger partial charge in [-0.3, -0.25) is 4.79 Å². The number of halogens is 1. The van der Waals surface area contributed by atoms with Crippen LogP contribution in [0.2, 0.25) is 5.28 Å². The van der Waals surface area contributed by atoms with Gasteiger partial charge in [0.2, 0.25) is 5.28 Å². The molecule has 0 aliphatic carbocycles. The minimum Gasteiger partial charge on any atom is -0.477 e. The average Bonchev–Trinajstić information content (AvgIpc) is 2.81. The monoisotopic (exact) mass is 282 g/mol. The summed E-state index contributed by atoms with van der Waals surface area (Å²) in [5.41, 5.74) is 1.22. The van der Waals surface area contributed by atoms with Gasteiger partial charge in [0.15, 0.2) is 12.0 Å². The van der Waals surface area contributed by atoms with E-state index in [0.717, 1.165) is 12.1 Å². The number of carbonyl (C=O) groups is 2. The molecular weight excluding hydrogens is 272 g/mol. The van der Waals surface area contributed by atoms with Gasteiger partial charge < -0.3 is 10.1 Å². The van der Waals surface area contributed by atoms with Gasteiger partial charge in [0.1, 0.15) is 12.0 Å². The molecule has 19 heavy (non-hydrogen) atoms. The molecule has 2 N–H and O–H groups in total.